The van der Waals surface area contributed by atoms with Crippen LogP contribution in [0.1, 0.15) is 5.56 Å². The number of aryl methyl sites for hydroxylation is 1. The zero-order valence-corrected chi connectivity index (χ0v) is 10.9. The minimum atomic E-state index is -3.94. The zero-order valence-electron chi connectivity index (χ0n) is 10.0. The maximum absolute atomic E-state index is 13.0. The third kappa shape index (κ3) is 2.88. The highest BCUT2D eigenvalue weighted by Gasteiger charge is 2.18. The third-order valence-corrected chi connectivity index (χ3v) is 3.65. The summed E-state index contributed by atoms with van der Waals surface area (Å²) in [5.74, 6) is -0.614. The molecule has 2 rings (SSSR count). The molecule has 3 N–H and O–H groups in total. The zero-order chi connectivity index (χ0) is 14.0. The van der Waals surface area contributed by atoms with Crippen LogP contribution in [0, 0.1) is 5.82 Å². The molecule has 2 aromatic rings. The molecule has 7 nitrogen and oxygen atoms in total. The average molecular weight is 285 g/mol. The Morgan fingerprint density at radius 2 is 2.21 bits per heavy atom. The number of aromatic nitrogens is 3. The Hall–Kier alpha value is -2.00. The van der Waals surface area contributed by atoms with E-state index in [0.717, 1.165) is 18.5 Å². The van der Waals surface area contributed by atoms with Gasteiger partial charge in [0, 0.05) is 31.5 Å². The standard InChI is InChI=1S/C10H12FN5O2S/c1-16-6-7(3-12)10(14-16)15-19(17,18)9-2-8(11)4-13-5-9/h2,4-6H,3,12H2,1H3,(H,14,15). The lowest BCUT2D eigenvalue weighted by Gasteiger charge is -2.06. The van der Waals surface area contributed by atoms with E-state index >= 15 is 0 Å². The summed E-state index contributed by atoms with van der Waals surface area (Å²) in [6, 6.07) is 0.875. The van der Waals surface area contributed by atoms with Crippen molar-refractivity contribution in [1.29, 1.82) is 0 Å². The van der Waals surface area contributed by atoms with Gasteiger partial charge in [0.15, 0.2) is 5.82 Å². The van der Waals surface area contributed by atoms with Crippen LogP contribution in [0.15, 0.2) is 29.6 Å². The van der Waals surface area contributed by atoms with E-state index in [4.69, 9.17) is 5.73 Å². The van der Waals surface area contributed by atoms with Crippen LogP contribution in [0.3, 0.4) is 0 Å². The highest BCUT2D eigenvalue weighted by molar-refractivity contribution is 7.92. The van der Waals surface area contributed by atoms with Gasteiger partial charge >= 0.3 is 0 Å². The van der Waals surface area contributed by atoms with Crippen molar-refractivity contribution in [3.63, 3.8) is 0 Å². The van der Waals surface area contributed by atoms with Crippen molar-refractivity contribution in [2.75, 3.05) is 4.72 Å². The molecule has 0 saturated carbocycles. The molecular formula is C10H12FN5O2S. The second-order valence-electron chi connectivity index (χ2n) is 3.83. The highest BCUT2D eigenvalue weighted by Crippen LogP contribution is 2.17. The third-order valence-electron chi connectivity index (χ3n) is 2.35. The molecule has 0 aliphatic carbocycles. The second-order valence-corrected chi connectivity index (χ2v) is 5.51. The lowest BCUT2D eigenvalue weighted by Crippen LogP contribution is -2.15. The first-order valence-electron chi connectivity index (χ1n) is 5.28. The molecule has 102 valence electrons. The van der Waals surface area contributed by atoms with Gasteiger partial charge < -0.3 is 5.73 Å². The van der Waals surface area contributed by atoms with Gasteiger partial charge in [-0.2, -0.15) is 5.10 Å². The molecule has 19 heavy (non-hydrogen) atoms. The van der Waals surface area contributed by atoms with Crippen LogP contribution in [0.25, 0.3) is 0 Å². The molecule has 0 amide bonds. The topological polar surface area (TPSA) is 103 Å². The maximum atomic E-state index is 13.0. The maximum Gasteiger partial charge on any atom is 0.264 e. The number of hydrogen-bond acceptors (Lipinski definition) is 5. The minimum absolute atomic E-state index is 0.120. The smallest absolute Gasteiger partial charge is 0.264 e. The summed E-state index contributed by atoms with van der Waals surface area (Å²) in [4.78, 5) is 3.22. The van der Waals surface area contributed by atoms with Gasteiger partial charge in [0.2, 0.25) is 0 Å². The molecule has 0 fully saturated rings. The van der Waals surface area contributed by atoms with Crippen molar-refractivity contribution < 1.29 is 12.8 Å². The highest BCUT2D eigenvalue weighted by atomic mass is 32.2. The average Bonchev–Trinajstić information content (AvgIpc) is 2.68. The fourth-order valence-electron chi connectivity index (χ4n) is 1.50. The van der Waals surface area contributed by atoms with E-state index in [9.17, 15) is 12.8 Å². The molecule has 0 aliphatic heterocycles. The van der Waals surface area contributed by atoms with Crippen molar-refractivity contribution in [3.8, 4) is 0 Å². The van der Waals surface area contributed by atoms with Crippen LogP contribution < -0.4 is 10.5 Å². The lowest BCUT2D eigenvalue weighted by molar-refractivity contribution is 0.592. The number of hydrogen-bond donors (Lipinski definition) is 2. The molecule has 0 unspecified atom stereocenters. The van der Waals surface area contributed by atoms with Crippen LogP contribution in [0.4, 0.5) is 10.2 Å². The Kier molecular flexibility index (Phi) is 3.49. The number of sulfonamides is 1. The minimum Gasteiger partial charge on any atom is -0.326 e. The van der Waals surface area contributed by atoms with Crippen molar-refractivity contribution in [2.45, 2.75) is 11.4 Å². The predicted octanol–water partition coefficient (Wildman–Crippen LogP) is 0.214. The van der Waals surface area contributed by atoms with Gasteiger partial charge in [0.1, 0.15) is 10.7 Å². The summed E-state index contributed by atoms with van der Waals surface area (Å²) in [6.07, 6.45) is 3.57. The number of anilines is 1. The van der Waals surface area contributed by atoms with E-state index in [0.29, 0.717) is 5.56 Å². The Balaban J connectivity index is 2.36. The molecule has 0 aromatic carbocycles. The fraction of sp³-hybridized carbons (Fsp3) is 0.200. The van der Waals surface area contributed by atoms with Gasteiger partial charge in [-0.25, -0.2) is 12.8 Å². The fourth-order valence-corrected chi connectivity index (χ4v) is 2.51. The molecule has 2 aromatic heterocycles. The van der Waals surface area contributed by atoms with Gasteiger partial charge in [-0.15, -0.1) is 0 Å². The van der Waals surface area contributed by atoms with Crippen molar-refractivity contribution in [3.05, 3.63) is 36.0 Å². The van der Waals surface area contributed by atoms with Gasteiger partial charge in [-0.3, -0.25) is 14.4 Å². The molecule has 0 aliphatic rings. The van der Waals surface area contributed by atoms with E-state index in [1.807, 2.05) is 0 Å². The molecule has 0 atom stereocenters. The summed E-state index contributed by atoms with van der Waals surface area (Å²) < 4.78 is 40.7. The normalized spacial score (nSPS) is 11.5. The van der Waals surface area contributed by atoms with E-state index < -0.39 is 15.8 Å². The van der Waals surface area contributed by atoms with Gasteiger partial charge in [0.25, 0.3) is 10.0 Å². The van der Waals surface area contributed by atoms with Gasteiger partial charge in [-0.05, 0) is 6.07 Å². The Bertz CT molecular complexity index is 698. The number of pyridine rings is 1. The second kappa shape index (κ2) is 4.94. The Labute approximate surface area is 109 Å². The number of halogens is 1. The lowest BCUT2D eigenvalue weighted by atomic mass is 10.3. The van der Waals surface area contributed by atoms with Crippen LogP contribution in [-0.2, 0) is 23.6 Å². The number of nitrogens with one attached hydrogen (secondary N) is 1. The van der Waals surface area contributed by atoms with E-state index in [1.165, 1.54) is 4.68 Å². The quantitative estimate of drug-likeness (QED) is 0.836. The summed E-state index contributed by atoms with van der Waals surface area (Å²) in [7, 11) is -2.30. The molecule has 0 radical (unpaired) electrons. The molecule has 9 heteroatoms. The number of rotatable bonds is 4. The molecular weight excluding hydrogens is 273 g/mol. The van der Waals surface area contributed by atoms with Crippen LogP contribution >= 0.6 is 0 Å². The van der Waals surface area contributed by atoms with Crippen LogP contribution in [0.5, 0.6) is 0 Å². The van der Waals surface area contributed by atoms with Crippen LogP contribution in [0.2, 0.25) is 0 Å². The molecule has 0 bridgehead atoms. The van der Waals surface area contributed by atoms with Gasteiger partial charge in [0.05, 0.1) is 6.20 Å². The van der Waals surface area contributed by atoms with E-state index in [1.54, 1.807) is 13.2 Å². The number of nitrogens with two attached hydrogens (primary N) is 1. The van der Waals surface area contributed by atoms with Crippen molar-refractivity contribution in [2.24, 2.45) is 12.8 Å². The predicted molar refractivity (Wildman–Crippen MR) is 66.1 cm³/mol. The molecule has 0 saturated heterocycles. The van der Waals surface area contributed by atoms with Crippen molar-refractivity contribution >= 4 is 15.8 Å². The molecule has 0 spiro atoms. The van der Waals surface area contributed by atoms with E-state index in [2.05, 4.69) is 14.8 Å². The SMILES string of the molecule is Cn1cc(CN)c(NS(=O)(=O)c2cncc(F)c2)n1. The molecule has 2 heterocycles. The van der Waals surface area contributed by atoms with Crippen molar-refractivity contribution in [1.82, 2.24) is 14.8 Å². The summed E-state index contributed by atoms with van der Waals surface area (Å²) in [6.45, 7) is 0.132. The summed E-state index contributed by atoms with van der Waals surface area (Å²) >= 11 is 0. The Morgan fingerprint density at radius 1 is 1.47 bits per heavy atom. The van der Waals surface area contributed by atoms with E-state index in [-0.39, 0.29) is 17.3 Å². The number of nitrogens with zero attached hydrogens (tertiary/aromatic N) is 3. The Morgan fingerprint density at radius 3 is 2.84 bits per heavy atom. The first-order chi connectivity index (χ1) is 8.92. The first kappa shape index (κ1) is 13.4. The van der Waals surface area contributed by atoms with Gasteiger partial charge in [-0.1, -0.05) is 0 Å². The first-order valence-corrected chi connectivity index (χ1v) is 6.76. The van der Waals surface area contributed by atoms with Crippen LogP contribution in [-0.4, -0.2) is 23.2 Å². The summed E-state index contributed by atoms with van der Waals surface area (Å²) in [5, 5.41) is 3.95. The summed E-state index contributed by atoms with van der Waals surface area (Å²) in [5.41, 5.74) is 6.02. The monoisotopic (exact) mass is 285 g/mol. The largest absolute Gasteiger partial charge is 0.326 e.